The van der Waals surface area contributed by atoms with E-state index in [2.05, 4.69) is 47.0 Å². The van der Waals surface area contributed by atoms with Crippen LogP contribution >= 0.6 is 27.3 Å². The number of amides is 1. The van der Waals surface area contributed by atoms with Crippen molar-refractivity contribution in [1.82, 2.24) is 10.3 Å². The monoisotopic (exact) mass is 318 g/mol. The molecule has 0 bridgehead atoms. The van der Waals surface area contributed by atoms with E-state index < -0.39 is 0 Å². The summed E-state index contributed by atoms with van der Waals surface area (Å²) in [4.78, 5) is 16.9. The molecular formula is C12H19BrN2OS. The topological polar surface area (TPSA) is 42.0 Å². The zero-order chi connectivity index (χ0) is 13.1. The maximum absolute atomic E-state index is 11.8. The summed E-state index contributed by atoms with van der Waals surface area (Å²) >= 11 is 4.98. The first-order chi connectivity index (χ1) is 7.79. The molecule has 0 aliphatic carbocycles. The summed E-state index contributed by atoms with van der Waals surface area (Å²) in [5.41, 5.74) is 2.76. The van der Waals surface area contributed by atoms with Crippen LogP contribution in [0.2, 0.25) is 0 Å². The fraction of sp³-hybridized carbons (Fsp3) is 0.667. The Labute approximate surface area is 115 Å². The van der Waals surface area contributed by atoms with Crippen molar-refractivity contribution in [2.45, 2.75) is 38.9 Å². The number of aromatic nitrogens is 1. The van der Waals surface area contributed by atoms with Gasteiger partial charge in [0.05, 0.1) is 11.2 Å². The molecule has 0 saturated carbocycles. The number of hydrogen-bond donors (Lipinski definition) is 1. The molecule has 1 N–H and O–H groups in total. The van der Waals surface area contributed by atoms with E-state index in [4.69, 9.17) is 0 Å². The normalized spacial score (nSPS) is 13.5. The molecule has 1 unspecified atom stereocenters. The van der Waals surface area contributed by atoms with Crippen LogP contribution in [0.5, 0.6) is 0 Å². The van der Waals surface area contributed by atoms with Crippen molar-refractivity contribution in [2.24, 2.45) is 5.41 Å². The van der Waals surface area contributed by atoms with Crippen LogP contribution in [-0.2, 0) is 0 Å². The van der Waals surface area contributed by atoms with Gasteiger partial charge in [0.1, 0.15) is 4.88 Å². The van der Waals surface area contributed by atoms with Crippen LogP contribution in [0.3, 0.4) is 0 Å². The molecule has 0 aromatic carbocycles. The van der Waals surface area contributed by atoms with Crippen molar-refractivity contribution in [1.29, 1.82) is 0 Å². The largest absolute Gasteiger partial charge is 0.350 e. The third kappa shape index (κ3) is 5.17. The summed E-state index contributed by atoms with van der Waals surface area (Å²) in [6.45, 7) is 9.07. The lowest BCUT2D eigenvalue weighted by Crippen LogP contribution is -2.31. The molecule has 0 aliphatic rings. The second-order valence-electron chi connectivity index (χ2n) is 5.34. The zero-order valence-electron chi connectivity index (χ0n) is 10.7. The lowest BCUT2D eigenvalue weighted by Gasteiger charge is -2.22. The number of halogens is 1. The van der Waals surface area contributed by atoms with Crippen LogP contribution in [-0.4, -0.2) is 22.3 Å². The van der Waals surface area contributed by atoms with E-state index in [1.807, 2.05) is 6.92 Å². The number of aryl methyl sites for hydroxylation is 1. The highest BCUT2D eigenvalue weighted by Gasteiger charge is 2.18. The summed E-state index contributed by atoms with van der Waals surface area (Å²) in [7, 11) is 0. The molecule has 5 heteroatoms. The molecule has 1 atom stereocenters. The summed E-state index contributed by atoms with van der Waals surface area (Å²) in [5.74, 6) is -0.0247. The summed E-state index contributed by atoms with van der Waals surface area (Å²) in [5, 5.41) is 2.93. The van der Waals surface area contributed by atoms with E-state index in [-0.39, 0.29) is 11.3 Å². The Balaban J connectivity index is 2.42. The minimum atomic E-state index is -0.0247. The third-order valence-electron chi connectivity index (χ3n) is 2.27. The lowest BCUT2D eigenvalue weighted by molar-refractivity contribution is 0.0955. The van der Waals surface area contributed by atoms with Gasteiger partial charge in [0.15, 0.2) is 0 Å². The van der Waals surface area contributed by atoms with E-state index in [0.29, 0.717) is 16.2 Å². The van der Waals surface area contributed by atoms with E-state index in [0.717, 1.165) is 12.1 Å². The molecule has 0 spiro atoms. The predicted molar refractivity (Wildman–Crippen MR) is 76.0 cm³/mol. The van der Waals surface area contributed by atoms with E-state index in [1.54, 1.807) is 5.51 Å². The molecule has 1 heterocycles. The van der Waals surface area contributed by atoms with Gasteiger partial charge in [-0.3, -0.25) is 4.79 Å². The van der Waals surface area contributed by atoms with E-state index >= 15 is 0 Å². The highest BCUT2D eigenvalue weighted by molar-refractivity contribution is 9.09. The van der Waals surface area contributed by atoms with Gasteiger partial charge in [-0.2, -0.15) is 0 Å². The average Bonchev–Trinajstić information content (AvgIpc) is 2.58. The van der Waals surface area contributed by atoms with Gasteiger partial charge >= 0.3 is 0 Å². The first-order valence-electron chi connectivity index (χ1n) is 5.62. The highest BCUT2D eigenvalue weighted by atomic mass is 79.9. The maximum atomic E-state index is 11.8. The molecule has 1 rings (SSSR count). The number of carbonyl (C=O) groups excluding carboxylic acids is 1. The quantitative estimate of drug-likeness (QED) is 0.865. The van der Waals surface area contributed by atoms with Crippen molar-refractivity contribution in [2.75, 3.05) is 6.54 Å². The van der Waals surface area contributed by atoms with Gasteiger partial charge in [0.2, 0.25) is 0 Å². The number of alkyl halides is 1. The fourth-order valence-corrected chi connectivity index (χ4v) is 3.39. The lowest BCUT2D eigenvalue weighted by atomic mass is 9.90. The number of thiazole rings is 1. The number of carbonyl (C=O) groups is 1. The first kappa shape index (κ1) is 14.6. The van der Waals surface area contributed by atoms with Crippen molar-refractivity contribution >= 4 is 33.2 Å². The van der Waals surface area contributed by atoms with Gasteiger partial charge in [0, 0.05) is 11.4 Å². The zero-order valence-corrected chi connectivity index (χ0v) is 13.1. The molecule has 1 amide bonds. The van der Waals surface area contributed by atoms with Crippen LogP contribution in [0.4, 0.5) is 0 Å². The molecule has 0 saturated heterocycles. The molecule has 0 aliphatic heterocycles. The Morgan fingerprint density at radius 1 is 1.59 bits per heavy atom. The van der Waals surface area contributed by atoms with Gasteiger partial charge < -0.3 is 5.32 Å². The van der Waals surface area contributed by atoms with Gasteiger partial charge in [-0.25, -0.2) is 4.98 Å². The van der Waals surface area contributed by atoms with Crippen molar-refractivity contribution in [3.63, 3.8) is 0 Å². The SMILES string of the molecule is Cc1ncsc1C(=O)NCC(Br)CC(C)(C)C. The molecular weight excluding hydrogens is 300 g/mol. The summed E-state index contributed by atoms with van der Waals surface area (Å²) in [6, 6.07) is 0. The van der Waals surface area contributed by atoms with Gasteiger partial charge in [-0.05, 0) is 18.8 Å². The Hall–Kier alpha value is -0.420. The summed E-state index contributed by atoms with van der Waals surface area (Å²) in [6.07, 6.45) is 1.02. The standard InChI is InChI=1S/C12H19BrN2OS/c1-8-10(17-7-15-8)11(16)14-6-9(13)5-12(2,3)4/h7,9H,5-6H2,1-4H3,(H,14,16). The van der Waals surface area contributed by atoms with E-state index in [9.17, 15) is 4.79 Å². The number of rotatable bonds is 4. The van der Waals surface area contributed by atoms with E-state index in [1.165, 1.54) is 11.3 Å². The minimum absolute atomic E-state index is 0.0247. The van der Waals surface area contributed by atoms with Gasteiger partial charge in [-0.15, -0.1) is 11.3 Å². The number of hydrogen-bond acceptors (Lipinski definition) is 3. The third-order valence-corrected chi connectivity index (χ3v) is 3.84. The molecule has 3 nitrogen and oxygen atoms in total. The van der Waals surface area contributed by atoms with Gasteiger partial charge in [0.25, 0.3) is 5.91 Å². The van der Waals surface area contributed by atoms with Crippen LogP contribution < -0.4 is 5.32 Å². The summed E-state index contributed by atoms with van der Waals surface area (Å²) < 4.78 is 0. The van der Waals surface area contributed by atoms with Gasteiger partial charge in [-0.1, -0.05) is 36.7 Å². The van der Waals surface area contributed by atoms with Crippen molar-refractivity contribution in [3.05, 3.63) is 16.1 Å². The average molecular weight is 319 g/mol. The van der Waals surface area contributed by atoms with Crippen LogP contribution in [0.15, 0.2) is 5.51 Å². The Bertz CT molecular complexity index is 384. The first-order valence-corrected chi connectivity index (χ1v) is 7.41. The Morgan fingerprint density at radius 2 is 2.24 bits per heavy atom. The number of nitrogens with zero attached hydrogens (tertiary/aromatic N) is 1. The Kier molecular flexibility index (Phi) is 5.13. The molecule has 0 fully saturated rings. The maximum Gasteiger partial charge on any atom is 0.263 e. The molecule has 96 valence electrons. The fourth-order valence-electron chi connectivity index (χ4n) is 1.54. The molecule has 1 aromatic rings. The Morgan fingerprint density at radius 3 is 2.71 bits per heavy atom. The van der Waals surface area contributed by atoms with Crippen molar-refractivity contribution < 1.29 is 4.79 Å². The van der Waals surface area contributed by atoms with Crippen molar-refractivity contribution in [3.8, 4) is 0 Å². The second kappa shape index (κ2) is 5.96. The van der Waals surface area contributed by atoms with Crippen LogP contribution in [0, 0.1) is 12.3 Å². The van der Waals surface area contributed by atoms with Crippen LogP contribution in [0.25, 0.3) is 0 Å². The molecule has 0 radical (unpaired) electrons. The smallest absolute Gasteiger partial charge is 0.263 e. The number of nitrogens with one attached hydrogen (secondary N) is 1. The molecule has 17 heavy (non-hydrogen) atoms. The second-order valence-corrected chi connectivity index (χ2v) is 7.49. The predicted octanol–water partition coefficient (Wildman–Crippen LogP) is 3.38. The highest BCUT2D eigenvalue weighted by Crippen LogP contribution is 2.24. The van der Waals surface area contributed by atoms with Crippen LogP contribution in [0.1, 0.15) is 42.6 Å². The molecule has 1 aromatic heterocycles. The minimum Gasteiger partial charge on any atom is -0.350 e.